The highest BCUT2D eigenvalue weighted by Gasteiger charge is 2.61. The molecule has 0 saturated heterocycles. The van der Waals surface area contributed by atoms with E-state index in [1.807, 2.05) is 0 Å². The first-order valence-corrected chi connectivity index (χ1v) is 20.8. The molecule has 0 heterocycles. The minimum Gasteiger partial charge on any atom is -0.0689 e. The first kappa shape index (κ1) is 29.7. The molecule has 0 N–H and O–H groups in total. The second-order valence-electron chi connectivity index (χ2n) is 16.9. The second-order valence-corrected chi connectivity index (χ2v) is 21.9. The van der Waals surface area contributed by atoms with Gasteiger partial charge in [0, 0.05) is 0 Å². The average Bonchev–Trinajstić information content (AvgIpc) is 3.48. The molecule has 12 atom stereocenters. The molecule has 4 fully saturated rings. The van der Waals surface area contributed by atoms with Crippen molar-refractivity contribution in [3.63, 3.8) is 0 Å². The Bertz CT molecular complexity index is 1040. The van der Waals surface area contributed by atoms with Gasteiger partial charge in [-0.2, -0.15) is 0 Å². The second kappa shape index (κ2) is 11.6. The Morgan fingerprint density at radius 3 is 1.22 bits per heavy atom. The molecule has 4 saturated carbocycles. The van der Waals surface area contributed by atoms with Crippen molar-refractivity contribution in [1.29, 1.82) is 0 Å². The molecular weight excluding hydrogens is 509 g/mol. The topological polar surface area (TPSA) is 0 Å². The van der Waals surface area contributed by atoms with Crippen molar-refractivity contribution in [2.75, 3.05) is 0 Å². The summed E-state index contributed by atoms with van der Waals surface area (Å²) in [4.78, 5) is 0. The molecule has 0 aliphatic heterocycles. The minimum atomic E-state index is -1.57. The Hall–Kier alpha value is -1.34. The van der Waals surface area contributed by atoms with Gasteiger partial charge < -0.3 is 0 Å². The van der Waals surface area contributed by atoms with Gasteiger partial charge in [-0.1, -0.05) is 115 Å². The highest BCUT2D eigenvalue weighted by molar-refractivity contribution is 6.80. The molecule has 2 aromatic carbocycles. The predicted octanol–water partition coefficient (Wildman–Crippen LogP) is 11.7. The van der Waals surface area contributed by atoms with Crippen LogP contribution in [0.5, 0.6) is 0 Å². The van der Waals surface area contributed by atoms with E-state index < -0.39 is 8.07 Å². The summed E-state index contributed by atoms with van der Waals surface area (Å²) in [7, 11) is -1.57. The number of hydrogen-bond donors (Lipinski definition) is 0. The summed E-state index contributed by atoms with van der Waals surface area (Å²) in [6.45, 7) is 21.3. The van der Waals surface area contributed by atoms with Crippen molar-refractivity contribution >= 4 is 8.07 Å². The Balaban J connectivity index is 1.34. The van der Waals surface area contributed by atoms with E-state index in [1.54, 1.807) is 11.1 Å². The third-order valence-electron chi connectivity index (χ3n) is 13.9. The summed E-state index contributed by atoms with van der Waals surface area (Å²) in [5.74, 6) is 10.4. The lowest BCUT2D eigenvalue weighted by Gasteiger charge is -2.51. The van der Waals surface area contributed by atoms with E-state index in [2.05, 4.69) is 115 Å². The Kier molecular flexibility index (Phi) is 8.43. The summed E-state index contributed by atoms with van der Waals surface area (Å²) in [5, 5.41) is 0. The van der Waals surface area contributed by atoms with Gasteiger partial charge in [-0.3, -0.25) is 0 Å². The highest BCUT2D eigenvalue weighted by Crippen LogP contribution is 2.68. The Morgan fingerprint density at radius 1 is 0.512 bits per heavy atom. The smallest absolute Gasteiger partial charge is 0.0546 e. The monoisotopic (exact) mass is 568 g/mol. The van der Waals surface area contributed by atoms with Crippen LogP contribution in [-0.2, 0) is 0 Å². The first-order chi connectivity index (χ1) is 19.6. The van der Waals surface area contributed by atoms with Gasteiger partial charge in [0.05, 0.1) is 8.07 Å². The maximum atomic E-state index is 2.91. The van der Waals surface area contributed by atoms with Gasteiger partial charge in [-0.05, 0) is 132 Å². The fourth-order valence-corrected chi connectivity index (χ4v) is 19.0. The zero-order valence-electron chi connectivity index (χ0n) is 27.6. The molecular formula is C40H60Si. The summed E-state index contributed by atoms with van der Waals surface area (Å²) in [5.41, 5.74) is 5.27. The van der Waals surface area contributed by atoms with Crippen LogP contribution in [0.25, 0.3) is 0 Å². The van der Waals surface area contributed by atoms with Crippen LogP contribution in [0.4, 0.5) is 0 Å². The predicted molar refractivity (Wildman–Crippen MR) is 180 cm³/mol. The molecule has 0 amide bonds. The van der Waals surface area contributed by atoms with Gasteiger partial charge >= 0.3 is 0 Å². The van der Waals surface area contributed by atoms with Crippen molar-refractivity contribution in [1.82, 2.24) is 0 Å². The molecule has 224 valence electrons. The van der Waals surface area contributed by atoms with Crippen LogP contribution in [0.3, 0.4) is 0 Å². The molecule has 2 aromatic rings. The van der Waals surface area contributed by atoms with Gasteiger partial charge in [-0.15, -0.1) is 0 Å². The van der Waals surface area contributed by atoms with Gasteiger partial charge in [0.25, 0.3) is 0 Å². The van der Waals surface area contributed by atoms with E-state index in [-0.39, 0.29) is 0 Å². The van der Waals surface area contributed by atoms with Crippen LogP contribution in [0.2, 0.25) is 24.2 Å². The molecule has 4 aliphatic carbocycles. The third-order valence-corrected chi connectivity index (χ3v) is 19.3. The molecule has 4 aliphatic rings. The van der Waals surface area contributed by atoms with Crippen LogP contribution >= 0.6 is 0 Å². The van der Waals surface area contributed by atoms with E-state index >= 15 is 0 Å². The fourth-order valence-electron chi connectivity index (χ4n) is 12.4. The van der Waals surface area contributed by atoms with E-state index in [0.29, 0.717) is 0 Å². The van der Waals surface area contributed by atoms with Gasteiger partial charge in [-0.25, -0.2) is 0 Å². The maximum Gasteiger partial charge on any atom is 0.0546 e. The number of benzene rings is 2. The Morgan fingerprint density at radius 2 is 0.878 bits per heavy atom. The summed E-state index contributed by atoms with van der Waals surface area (Å²) >= 11 is 0. The minimum absolute atomic E-state index is 0.774. The Labute approximate surface area is 254 Å². The van der Waals surface area contributed by atoms with E-state index in [1.165, 1.54) is 38.5 Å². The molecule has 12 unspecified atom stereocenters. The largest absolute Gasteiger partial charge is 0.0689 e. The summed E-state index contributed by atoms with van der Waals surface area (Å²) in [6.07, 6.45) is 8.81. The number of fused-ring (bicyclic) bond motifs is 2. The lowest BCUT2D eigenvalue weighted by molar-refractivity contribution is 0.136. The van der Waals surface area contributed by atoms with Crippen molar-refractivity contribution in [3.8, 4) is 0 Å². The fraction of sp³-hybridized carbons (Fsp3) is 0.700. The van der Waals surface area contributed by atoms with Crippen molar-refractivity contribution < 1.29 is 0 Å². The van der Waals surface area contributed by atoms with E-state index in [4.69, 9.17) is 0 Å². The zero-order valence-corrected chi connectivity index (χ0v) is 28.6. The van der Waals surface area contributed by atoms with Crippen molar-refractivity contribution in [2.24, 2.45) is 59.2 Å². The highest BCUT2D eigenvalue weighted by atomic mass is 28.3. The van der Waals surface area contributed by atoms with E-state index in [9.17, 15) is 0 Å². The van der Waals surface area contributed by atoms with Gasteiger partial charge in [0.15, 0.2) is 0 Å². The van der Waals surface area contributed by atoms with Crippen molar-refractivity contribution in [3.05, 3.63) is 71.8 Å². The van der Waals surface area contributed by atoms with Crippen molar-refractivity contribution in [2.45, 2.75) is 116 Å². The lowest BCUT2D eigenvalue weighted by atomic mass is 9.64. The normalized spacial score (nSPS) is 41.0. The van der Waals surface area contributed by atoms with Crippen LogP contribution in [-0.4, -0.2) is 8.07 Å². The molecule has 0 aromatic heterocycles. The standard InChI is InChI=1S/C40H60Si/c1-25(2)31-21-33(29-15-11-9-12-16-29)35-19-27(5)39(37(35)23-31)41(7,8)40-28(6)20-36-34(30-17-13-10-14-18-30)22-32(26(3)4)24-38(36)40/h9-18,25-28,31-40H,19-24H2,1-8H3. The first-order valence-electron chi connectivity index (χ1n) is 17.7. The average molecular weight is 569 g/mol. The number of rotatable bonds is 6. The molecule has 0 spiro atoms. The zero-order chi connectivity index (χ0) is 29.1. The SMILES string of the molecule is CC(C)C1CC(c2ccccc2)C2CC(C)C([Si](C)(C)C3C(C)CC4C(c5ccccc5)CC(C(C)C)CC43)C2C1. The number of hydrogen-bond acceptors (Lipinski definition) is 0. The summed E-state index contributed by atoms with van der Waals surface area (Å²) < 4.78 is 0. The molecule has 1 heteroatoms. The summed E-state index contributed by atoms with van der Waals surface area (Å²) in [6, 6.07) is 23.5. The molecule has 0 radical (unpaired) electrons. The van der Waals surface area contributed by atoms with Crippen LogP contribution in [0, 0.1) is 59.2 Å². The quantitative estimate of drug-likeness (QED) is 0.304. The molecule has 6 rings (SSSR count). The maximum absolute atomic E-state index is 2.91. The van der Waals surface area contributed by atoms with Gasteiger partial charge in [0.1, 0.15) is 0 Å². The molecule has 0 nitrogen and oxygen atoms in total. The molecule has 0 bridgehead atoms. The van der Waals surface area contributed by atoms with Crippen LogP contribution < -0.4 is 0 Å². The van der Waals surface area contributed by atoms with Crippen LogP contribution in [0.15, 0.2) is 60.7 Å². The molecule has 41 heavy (non-hydrogen) atoms. The van der Waals surface area contributed by atoms with Gasteiger partial charge in [0.2, 0.25) is 0 Å². The van der Waals surface area contributed by atoms with E-state index in [0.717, 1.165) is 82.1 Å². The van der Waals surface area contributed by atoms with Crippen LogP contribution in [0.1, 0.15) is 103 Å². The lowest BCUT2D eigenvalue weighted by Crippen LogP contribution is -2.48. The third kappa shape index (κ3) is 5.34.